The Hall–Kier alpha value is -0.340. The Morgan fingerprint density at radius 2 is 1.86 bits per heavy atom. The average Bonchev–Trinajstić information content (AvgIpc) is 2.98. The van der Waals surface area contributed by atoms with Gasteiger partial charge >= 0.3 is 0 Å². The maximum Gasteiger partial charge on any atom is 0.0591 e. The van der Waals surface area contributed by atoms with Gasteiger partial charge in [0.2, 0.25) is 0 Å². The van der Waals surface area contributed by atoms with Crippen molar-refractivity contribution in [3.05, 3.63) is 11.6 Å². The van der Waals surface area contributed by atoms with Crippen LogP contribution in [-0.2, 0) is 0 Å². The lowest BCUT2D eigenvalue weighted by molar-refractivity contribution is -0.0575. The van der Waals surface area contributed by atoms with Crippen molar-refractivity contribution in [1.82, 2.24) is 0 Å². The first-order valence-electron chi connectivity index (χ1n) is 12.6. The summed E-state index contributed by atoms with van der Waals surface area (Å²) in [5, 5.41) is 20.3. The zero-order chi connectivity index (χ0) is 21.0. The number of hydrogen-bond acceptors (Lipinski definition) is 2. The van der Waals surface area contributed by atoms with E-state index in [4.69, 9.17) is 0 Å². The van der Waals surface area contributed by atoms with Crippen molar-refractivity contribution in [3.63, 3.8) is 0 Å². The van der Waals surface area contributed by atoms with Crippen LogP contribution in [0.4, 0.5) is 0 Å². The molecule has 0 aromatic carbocycles. The third-order valence-corrected chi connectivity index (χ3v) is 10.3. The third-order valence-electron chi connectivity index (χ3n) is 10.3. The van der Waals surface area contributed by atoms with Crippen LogP contribution >= 0.6 is 0 Å². The van der Waals surface area contributed by atoms with E-state index in [9.17, 15) is 10.2 Å². The minimum atomic E-state index is -0.519. The highest BCUT2D eigenvalue weighted by molar-refractivity contribution is 5.25. The summed E-state index contributed by atoms with van der Waals surface area (Å²) in [5.41, 5.74) is 1.95. The van der Waals surface area contributed by atoms with Crippen LogP contribution in [0.25, 0.3) is 0 Å². The molecule has 4 aliphatic carbocycles. The van der Waals surface area contributed by atoms with E-state index in [1.165, 1.54) is 44.9 Å². The molecule has 2 N–H and O–H groups in total. The Balaban J connectivity index is 1.47. The molecule has 0 aromatic heterocycles. The van der Waals surface area contributed by atoms with Gasteiger partial charge in [-0.15, -0.1) is 0 Å². The summed E-state index contributed by atoms with van der Waals surface area (Å²) in [5.74, 6) is 4.24. The molecule has 0 bridgehead atoms. The predicted molar refractivity (Wildman–Crippen MR) is 121 cm³/mol. The highest BCUT2D eigenvalue weighted by atomic mass is 16.3. The SMILES string of the molecule is C[C@H](CCCC(C)(C)O)[C@H]1CC[C@H]2[C@@H]3CC=C4CC(O)CC[C@]4(C)[C@H]3CCC12C. The van der Waals surface area contributed by atoms with E-state index < -0.39 is 5.60 Å². The highest BCUT2D eigenvalue weighted by Gasteiger charge is 2.59. The Kier molecular flexibility index (Phi) is 5.78. The molecule has 166 valence electrons. The van der Waals surface area contributed by atoms with E-state index in [1.807, 2.05) is 13.8 Å². The molecule has 2 heteroatoms. The normalized spacial score (nSPS) is 45.8. The molecule has 0 aliphatic heterocycles. The number of fused-ring (bicyclic) bond motifs is 5. The summed E-state index contributed by atoms with van der Waals surface area (Å²) in [6.07, 6.45) is 15.9. The number of hydrogen-bond donors (Lipinski definition) is 2. The van der Waals surface area contributed by atoms with Crippen LogP contribution in [0.3, 0.4) is 0 Å². The number of aliphatic hydroxyl groups is 2. The molecule has 0 amide bonds. The van der Waals surface area contributed by atoms with Gasteiger partial charge in [-0.3, -0.25) is 0 Å². The predicted octanol–water partition coefficient (Wildman–Crippen LogP) is 6.50. The van der Waals surface area contributed by atoms with Crippen molar-refractivity contribution >= 4 is 0 Å². The van der Waals surface area contributed by atoms with Crippen LogP contribution in [0.2, 0.25) is 0 Å². The number of aliphatic hydroxyl groups excluding tert-OH is 1. The fraction of sp³-hybridized carbons (Fsp3) is 0.926. The maximum absolute atomic E-state index is 10.2. The summed E-state index contributed by atoms with van der Waals surface area (Å²) in [6.45, 7) is 11.6. The third kappa shape index (κ3) is 3.86. The van der Waals surface area contributed by atoms with Crippen LogP contribution in [0.1, 0.15) is 105 Å². The molecule has 8 atom stereocenters. The van der Waals surface area contributed by atoms with Gasteiger partial charge in [0.05, 0.1) is 11.7 Å². The topological polar surface area (TPSA) is 40.5 Å². The molecule has 0 saturated heterocycles. The van der Waals surface area contributed by atoms with E-state index in [0.29, 0.717) is 10.8 Å². The molecule has 0 spiro atoms. The van der Waals surface area contributed by atoms with Gasteiger partial charge in [-0.2, -0.15) is 0 Å². The molecule has 4 rings (SSSR count). The summed E-state index contributed by atoms with van der Waals surface area (Å²) < 4.78 is 0. The summed E-state index contributed by atoms with van der Waals surface area (Å²) in [6, 6.07) is 0. The van der Waals surface area contributed by atoms with Crippen molar-refractivity contribution in [3.8, 4) is 0 Å². The van der Waals surface area contributed by atoms with Crippen LogP contribution < -0.4 is 0 Å². The molecule has 0 radical (unpaired) electrons. The van der Waals surface area contributed by atoms with E-state index in [2.05, 4.69) is 26.8 Å². The monoisotopic (exact) mass is 402 g/mol. The summed E-state index contributed by atoms with van der Waals surface area (Å²) in [4.78, 5) is 0. The molecule has 3 saturated carbocycles. The minimum Gasteiger partial charge on any atom is -0.393 e. The van der Waals surface area contributed by atoms with Crippen LogP contribution in [-0.4, -0.2) is 21.9 Å². The zero-order valence-corrected chi connectivity index (χ0v) is 19.7. The first-order chi connectivity index (χ1) is 13.5. The summed E-state index contributed by atoms with van der Waals surface area (Å²) >= 11 is 0. The molecular weight excluding hydrogens is 356 g/mol. The molecule has 29 heavy (non-hydrogen) atoms. The number of rotatable bonds is 5. The Morgan fingerprint density at radius 3 is 2.59 bits per heavy atom. The van der Waals surface area contributed by atoms with Gasteiger partial charge in [0, 0.05) is 0 Å². The standard InChI is InChI=1S/C27H46O2/c1-18(7-6-14-25(2,3)29)22-10-11-23-21-9-8-19-17-20(28)12-15-26(19,4)24(21)13-16-27(22,23)5/h8,18,20-24,28-29H,6-7,9-17H2,1-5H3/t18-,20?,21+,22-,23+,24+,26+,27?/m1/s1. The van der Waals surface area contributed by atoms with Crippen molar-refractivity contribution in [2.45, 2.75) is 117 Å². The second-order valence-electron chi connectivity index (χ2n) is 12.6. The Bertz CT molecular complexity index is 631. The minimum absolute atomic E-state index is 0.0969. The highest BCUT2D eigenvalue weighted by Crippen LogP contribution is 2.67. The zero-order valence-electron chi connectivity index (χ0n) is 19.7. The quantitative estimate of drug-likeness (QED) is 0.515. The smallest absolute Gasteiger partial charge is 0.0591 e. The first-order valence-corrected chi connectivity index (χ1v) is 12.6. The van der Waals surface area contributed by atoms with Crippen LogP contribution in [0, 0.1) is 40.4 Å². The van der Waals surface area contributed by atoms with Gasteiger partial charge in [-0.25, -0.2) is 0 Å². The summed E-state index contributed by atoms with van der Waals surface area (Å²) in [7, 11) is 0. The molecule has 0 aromatic rings. The van der Waals surface area contributed by atoms with Gasteiger partial charge in [-0.05, 0) is 112 Å². The van der Waals surface area contributed by atoms with Crippen molar-refractivity contribution in [2.75, 3.05) is 0 Å². The van der Waals surface area contributed by atoms with Gasteiger partial charge in [0.15, 0.2) is 0 Å². The molecule has 0 heterocycles. The molecule has 2 nitrogen and oxygen atoms in total. The van der Waals surface area contributed by atoms with E-state index >= 15 is 0 Å². The second kappa shape index (κ2) is 7.66. The van der Waals surface area contributed by atoms with Crippen LogP contribution in [0.5, 0.6) is 0 Å². The largest absolute Gasteiger partial charge is 0.393 e. The second-order valence-corrected chi connectivity index (χ2v) is 12.6. The van der Waals surface area contributed by atoms with E-state index in [1.54, 1.807) is 5.57 Å². The molecule has 2 unspecified atom stereocenters. The van der Waals surface area contributed by atoms with Gasteiger partial charge in [-0.1, -0.05) is 45.3 Å². The van der Waals surface area contributed by atoms with Gasteiger partial charge in [0.25, 0.3) is 0 Å². The first kappa shape index (κ1) is 21.9. The van der Waals surface area contributed by atoms with Crippen molar-refractivity contribution < 1.29 is 10.2 Å². The molecule has 4 aliphatic rings. The fourth-order valence-electron chi connectivity index (χ4n) is 8.67. The van der Waals surface area contributed by atoms with Crippen molar-refractivity contribution in [1.29, 1.82) is 0 Å². The molecule has 3 fully saturated rings. The Morgan fingerprint density at radius 1 is 1.10 bits per heavy atom. The van der Waals surface area contributed by atoms with E-state index in [0.717, 1.165) is 55.3 Å². The van der Waals surface area contributed by atoms with Gasteiger partial charge in [0.1, 0.15) is 0 Å². The molecular formula is C27H46O2. The fourth-order valence-corrected chi connectivity index (χ4v) is 8.67. The average molecular weight is 403 g/mol. The Labute approximate surface area is 179 Å². The van der Waals surface area contributed by atoms with E-state index in [-0.39, 0.29) is 6.10 Å². The van der Waals surface area contributed by atoms with Crippen LogP contribution in [0.15, 0.2) is 11.6 Å². The number of allylic oxidation sites excluding steroid dienone is 1. The lowest BCUT2D eigenvalue weighted by atomic mass is 9.47. The lowest BCUT2D eigenvalue weighted by Crippen LogP contribution is -2.50. The van der Waals surface area contributed by atoms with Crippen molar-refractivity contribution in [2.24, 2.45) is 40.4 Å². The lowest BCUT2D eigenvalue weighted by Gasteiger charge is -2.58. The maximum atomic E-state index is 10.2. The van der Waals surface area contributed by atoms with Gasteiger partial charge < -0.3 is 10.2 Å².